The molecular weight excluding hydrogens is 491 g/mol. The monoisotopic (exact) mass is 532 g/mol. The molecule has 39 heavy (non-hydrogen) atoms. The van der Waals surface area contributed by atoms with Crippen LogP contribution in [0.1, 0.15) is 68.6 Å². The summed E-state index contributed by atoms with van der Waals surface area (Å²) in [6.07, 6.45) is 2.26. The second-order valence-corrected chi connectivity index (χ2v) is 14.0. The van der Waals surface area contributed by atoms with E-state index in [1.54, 1.807) is 0 Å². The summed E-state index contributed by atoms with van der Waals surface area (Å²) in [6.45, 7) is 18.1. The molecule has 5 rings (SSSR count). The first kappa shape index (κ1) is 27.5. The molecule has 2 unspecified atom stereocenters. The maximum Gasteiger partial charge on any atom is 0.134 e. The highest BCUT2D eigenvalue weighted by molar-refractivity contribution is 7.66. The van der Waals surface area contributed by atoms with Crippen LogP contribution in [-0.2, 0) is 4.79 Å². The zero-order valence-electron chi connectivity index (χ0n) is 24.8. The fourth-order valence-electron chi connectivity index (χ4n) is 6.57. The second-order valence-electron chi connectivity index (χ2n) is 11.6. The number of aryl methyl sites for hydroxylation is 4. The third kappa shape index (κ3) is 4.92. The van der Waals surface area contributed by atoms with Gasteiger partial charge in [-0.15, -0.1) is 0 Å². The topological polar surface area (TPSA) is 17.1 Å². The lowest BCUT2D eigenvalue weighted by Crippen LogP contribution is -2.24. The quantitative estimate of drug-likeness (QED) is 0.239. The van der Waals surface area contributed by atoms with Crippen LogP contribution in [0.15, 0.2) is 60.7 Å². The molecule has 0 radical (unpaired) electrons. The molecule has 200 valence electrons. The normalized spacial score (nSPS) is 17.5. The van der Waals surface area contributed by atoms with Crippen molar-refractivity contribution in [3.63, 3.8) is 0 Å². The first-order valence-corrected chi connectivity index (χ1v) is 15.8. The lowest BCUT2D eigenvalue weighted by Gasteiger charge is -2.36. The summed E-state index contributed by atoms with van der Waals surface area (Å²) in [6, 6.07) is 22.5. The zero-order valence-corrected chi connectivity index (χ0v) is 25.7. The molecule has 1 fully saturated rings. The highest BCUT2D eigenvalue weighted by atomic mass is 31.1. The van der Waals surface area contributed by atoms with Gasteiger partial charge >= 0.3 is 0 Å². The van der Waals surface area contributed by atoms with E-state index in [1.807, 2.05) is 0 Å². The summed E-state index contributed by atoms with van der Waals surface area (Å²) < 4.78 is 0. The molecule has 0 aromatic heterocycles. The summed E-state index contributed by atoms with van der Waals surface area (Å²) in [5.41, 5.74) is 17.9. The van der Waals surface area contributed by atoms with Crippen molar-refractivity contribution in [2.45, 2.75) is 73.9 Å². The number of rotatable bonds is 4. The van der Waals surface area contributed by atoms with Crippen molar-refractivity contribution < 1.29 is 4.79 Å². The number of Topliss-reactive ketones (excluding diaryl/α,β-unsaturated/α-hetero) is 1. The predicted octanol–water partition coefficient (Wildman–Crippen LogP) is 9.70. The molecule has 0 spiro atoms. The molecule has 0 amide bonds. The molecule has 0 aliphatic carbocycles. The Labute approximate surface area is 236 Å². The summed E-state index contributed by atoms with van der Waals surface area (Å²) in [5, 5.41) is 1.49. The predicted molar refractivity (Wildman–Crippen MR) is 170 cm³/mol. The first-order valence-electron chi connectivity index (χ1n) is 14.2. The van der Waals surface area contributed by atoms with Crippen molar-refractivity contribution >= 4 is 19.0 Å². The smallest absolute Gasteiger partial charge is 0.134 e. The van der Waals surface area contributed by atoms with E-state index in [-0.39, 0.29) is 5.66 Å². The van der Waals surface area contributed by atoms with Gasteiger partial charge in [0, 0.05) is 18.5 Å². The number of hydrogen-bond acceptors (Lipinski definition) is 1. The maximum absolute atomic E-state index is 12.9. The van der Waals surface area contributed by atoms with E-state index in [0.29, 0.717) is 18.6 Å². The van der Waals surface area contributed by atoms with E-state index < -0.39 is 7.92 Å². The van der Waals surface area contributed by atoms with Crippen LogP contribution >= 0.6 is 7.92 Å². The second kappa shape index (κ2) is 10.9. The van der Waals surface area contributed by atoms with Crippen LogP contribution < -0.4 is 5.30 Å². The number of carbonyl (C=O) groups excluding carboxylic acids is 1. The maximum atomic E-state index is 12.9. The Morgan fingerprint density at radius 1 is 0.615 bits per heavy atom. The highest BCUT2D eigenvalue weighted by Crippen LogP contribution is 2.59. The van der Waals surface area contributed by atoms with Crippen molar-refractivity contribution in [3.05, 3.63) is 111 Å². The summed E-state index contributed by atoms with van der Waals surface area (Å²) >= 11 is 0. The van der Waals surface area contributed by atoms with Crippen molar-refractivity contribution in [2.75, 3.05) is 6.16 Å². The Morgan fingerprint density at radius 3 is 1.54 bits per heavy atom. The Morgan fingerprint density at radius 2 is 1.08 bits per heavy atom. The largest absolute Gasteiger partial charge is 0.300 e. The van der Waals surface area contributed by atoms with Gasteiger partial charge in [0.2, 0.25) is 0 Å². The van der Waals surface area contributed by atoms with Gasteiger partial charge in [-0.3, -0.25) is 4.79 Å². The standard InChI is InChI=1S/C37H41OP/c1-22-19-23(2)27(6)35(26(22)5)32-15-12-16-33(36-28(7)24(3)20-25(4)29(36)8)37(32)39-18-17-31(38)21-34(39)30-13-10-9-11-14-30/h9-16,19-20,34H,17-18,21H2,1-8H3. The molecule has 2 atom stereocenters. The van der Waals surface area contributed by atoms with Crippen molar-refractivity contribution in [2.24, 2.45) is 0 Å². The average Bonchev–Trinajstić information content (AvgIpc) is 2.92. The first-order chi connectivity index (χ1) is 18.6. The van der Waals surface area contributed by atoms with Crippen LogP contribution in [0.2, 0.25) is 0 Å². The minimum Gasteiger partial charge on any atom is -0.300 e. The zero-order chi connectivity index (χ0) is 28.0. The number of carbonyl (C=O) groups is 1. The Kier molecular flexibility index (Phi) is 7.67. The Bertz CT molecular complexity index is 1440. The molecule has 4 aromatic carbocycles. The summed E-state index contributed by atoms with van der Waals surface area (Å²) in [5.74, 6) is 0.402. The van der Waals surface area contributed by atoms with Gasteiger partial charge in [-0.25, -0.2) is 0 Å². The number of hydrogen-bond donors (Lipinski definition) is 0. The Hall–Kier alpha value is -3.02. The molecule has 0 N–H and O–H groups in total. The van der Waals surface area contributed by atoms with Crippen LogP contribution in [0.4, 0.5) is 0 Å². The molecule has 0 bridgehead atoms. The van der Waals surface area contributed by atoms with Gasteiger partial charge in [-0.2, -0.15) is 0 Å². The summed E-state index contributed by atoms with van der Waals surface area (Å²) in [7, 11) is -0.631. The highest BCUT2D eigenvalue weighted by Gasteiger charge is 2.35. The van der Waals surface area contributed by atoms with Crippen LogP contribution in [0, 0.1) is 55.4 Å². The number of benzene rings is 4. The average molecular weight is 533 g/mol. The SMILES string of the molecule is Cc1cc(C)c(C)c(-c2cccc(-c3c(C)c(C)cc(C)c3C)c2P2CCC(=O)CC2c2ccccc2)c1C. The molecule has 0 saturated carbocycles. The molecule has 1 saturated heterocycles. The van der Waals surface area contributed by atoms with E-state index in [0.717, 1.165) is 6.16 Å². The van der Waals surface area contributed by atoms with Crippen molar-refractivity contribution in [3.8, 4) is 22.3 Å². The third-order valence-corrected chi connectivity index (χ3v) is 12.2. The Balaban J connectivity index is 1.90. The van der Waals surface area contributed by atoms with E-state index in [1.165, 1.54) is 77.6 Å². The summed E-state index contributed by atoms with van der Waals surface area (Å²) in [4.78, 5) is 12.9. The van der Waals surface area contributed by atoms with E-state index in [4.69, 9.17) is 0 Å². The minimum absolute atomic E-state index is 0.236. The van der Waals surface area contributed by atoms with Crippen LogP contribution in [0.3, 0.4) is 0 Å². The van der Waals surface area contributed by atoms with Gasteiger partial charge in [0.05, 0.1) is 0 Å². The lowest BCUT2D eigenvalue weighted by molar-refractivity contribution is -0.118. The number of ketones is 1. The molecular formula is C37H41OP. The molecule has 1 heterocycles. The molecule has 2 heteroatoms. The van der Waals surface area contributed by atoms with Gasteiger partial charge in [0.15, 0.2) is 0 Å². The van der Waals surface area contributed by atoms with E-state index in [2.05, 4.69) is 116 Å². The van der Waals surface area contributed by atoms with Crippen molar-refractivity contribution in [1.29, 1.82) is 0 Å². The van der Waals surface area contributed by atoms with Crippen LogP contribution in [-0.4, -0.2) is 11.9 Å². The van der Waals surface area contributed by atoms with Crippen LogP contribution in [0.5, 0.6) is 0 Å². The van der Waals surface area contributed by atoms with Gasteiger partial charge in [-0.05, 0) is 139 Å². The fourth-order valence-corrected chi connectivity index (χ4v) is 9.85. The van der Waals surface area contributed by atoms with Gasteiger partial charge in [-0.1, -0.05) is 68.6 Å². The van der Waals surface area contributed by atoms with Crippen molar-refractivity contribution in [1.82, 2.24) is 0 Å². The minimum atomic E-state index is -0.631. The fraction of sp³-hybridized carbons (Fsp3) is 0.324. The molecule has 1 aliphatic heterocycles. The lowest BCUT2D eigenvalue weighted by atomic mass is 9.85. The molecule has 1 aliphatic rings. The van der Waals surface area contributed by atoms with Gasteiger partial charge < -0.3 is 0 Å². The molecule has 1 nitrogen and oxygen atoms in total. The van der Waals surface area contributed by atoms with Gasteiger partial charge in [0.1, 0.15) is 5.78 Å². The van der Waals surface area contributed by atoms with E-state index >= 15 is 0 Å². The van der Waals surface area contributed by atoms with Crippen LogP contribution in [0.25, 0.3) is 22.3 Å². The van der Waals surface area contributed by atoms with E-state index in [9.17, 15) is 4.79 Å². The third-order valence-electron chi connectivity index (χ3n) is 9.21. The molecule has 4 aromatic rings. The van der Waals surface area contributed by atoms with Gasteiger partial charge in [0.25, 0.3) is 0 Å².